The molecule has 2 atom stereocenters. The van der Waals surface area contributed by atoms with Gasteiger partial charge in [0.15, 0.2) is 0 Å². The largest absolute Gasteiger partial charge is 0.629 e. The molecule has 0 bridgehead atoms. The van der Waals surface area contributed by atoms with Crippen molar-refractivity contribution in [3.05, 3.63) is 34.5 Å². The summed E-state index contributed by atoms with van der Waals surface area (Å²) in [6.07, 6.45) is 0.253. The highest BCUT2D eigenvalue weighted by Gasteiger charge is 2.26. The lowest BCUT2D eigenvalue weighted by Crippen LogP contribution is -3.00. The van der Waals surface area contributed by atoms with Gasteiger partial charge in [-0.15, -0.1) is 0 Å². The second-order valence-electron chi connectivity index (χ2n) is 5.05. The fourth-order valence-electron chi connectivity index (χ4n) is 2.26. The van der Waals surface area contributed by atoms with Crippen molar-refractivity contribution in [3.63, 3.8) is 0 Å². The van der Waals surface area contributed by atoms with E-state index in [0.717, 1.165) is 29.2 Å². The molecule has 2 aliphatic rings. The number of ether oxygens (including phenoxy) is 2. The summed E-state index contributed by atoms with van der Waals surface area (Å²) in [6, 6.07) is 5.72. The van der Waals surface area contributed by atoms with Crippen LogP contribution in [0.1, 0.15) is 19.4 Å². The number of rotatable bonds is 3. The topological polar surface area (TPSA) is 49.3 Å². The quantitative estimate of drug-likeness (QED) is 0.646. The van der Waals surface area contributed by atoms with Crippen molar-refractivity contribution in [1.82, 2.24) is 0 Å². The minimum absolute atomic E-state index is 0.207. The molecule has 18 heavy (non-hydrogen) atoms. The summed E-state index contributed by atoms with van der Waals surface area (Å²) in [7, 11) is 0. The van der Waals surface area contributed by atoms with E-state index in [1.54, 1.807) is 0 Å². The van der Waals surface area contributed by atoms with E-state index in [2.05, 4.69) is 0 Å². The van der Waals surface area contributed by atoms with Crippen LogP contribution in [0.4, 0.5) is 5.69 Å². The summed E-state index contributed by atoms with van der Waals surface area (Å²) in [6.45, 7) is 6.00. The Morgan fingerprint density at radius 1 is 1.50 bits per heavy atom. The van der Waals surface area contributed by atoms with Crippen LogP contribution in [0.3, 0.4) is 0 Å². The molecule has 1 N–H and O–H groups in total. The van der Waals surface area contributed by atoms with Gasteiger partial charge in [0.1, 0.15) is 30.7 Å². The first-order valence-electron chi connectivity index (χ1n) is 6.23. The summed E-state index contributed by atoms with van der Waals surface area (Å²) in [5.41, 5.74) is 4.20. The SMILES string of the molecule is CC(C)=C1C[NH+]([O-])c2ccc(OCC3CO3)cc21. The van der Waals surface area contributed by atoms with Crippen molar-refractivity contribution in [2.75, 3.05) is 19.8 Å². The first-order valence-corrected chi connectivity index (χ1v) is 6.23. The number of epoxide rings is 1. The minimum atomic E-state index is 0.207. The van der Waals surface area contributed by atoms with Gasteiger partial charge in [0, 0.05) is 17.2 Å². The Balaban J connectivity index is 1.88. The van der Waals surface area contributed by atoms with E-state index in [0.29, 0.717) is 13.2 Å². The zero-order valence-corrected chi connectivity index (χ0v) is 10.7. The summed E-state index contributed by atoms with van der Waals surface area (Å²) in [5, 5.41) is 12.1. The molecule has 0 spiro atoms. The van der Waals surface area contributed by atoms with Gasteiger partial charge in [0.2, 0.25) is 0 Å². The maximum absolute atomic E-state index is 11.9. The number of hydrogen-bond acceptors (Lipinski definition) is 3. The van der Waals surface area contributed by atoms with Crippen molar-refractivity contribution in [2.45, 2.75) is 20.0 Å². The van der Waals surface area contributed by atoms with Gasteiger partial charge in [-0.2, -0.15) is 0 Å². The maximum Gasteiger partial charge on any atom is 0.139 e. The second kappa shape index (κ2) is 4.39. The molecule has 0 radical (unpaired) electrons. The molecule has 1 fully saturated rings. The third-order valence-electron chi connectivity index (χ3n) is 3.40. The molecule has 0 aliphatic carbocycles. The van der Waals surface area contributed by atoms with Crippen LogP contribution < -0.4 is 9.80 Å². The Morgan fingerprint density at radius 2 is 2.28 bits per heavy atom. The molecule has 1 aromatic carbocycles. The van der Waals surface area contributed by atoms with Crippen LogP contribution in [0, 0.1) is 5.21 Å². The van der Waals surface area contributed by atoms with Gasteiger partial charge >= 0.3 is 0 Å². The summed E-state index contributed by atoms with van der Waals surface area (Å²) in [4.78, 5) is 0. The van der Waals surface area contributed by atoms with E-state index in [1.807, 2.05) is 32.0 Å². The number of quaternary nitrogens is 1. The number of hydrogen-bond donors (Lipinski definition) is 1. The highest BCUT2D eigenvalue weighted by atomic mass is 16.6. The van der Waals surface area contributed by atoms with E-state index in [1.165, 1.54) is 5.57 Å². The minimum Gasteiger partial charge on any atom is -0.629 e. The fourth-order valence-corrected chi connectivity index (χ4v) is 2.26. The lowest BCUT2D eigenvalue weighted by atomic mass is 10.0. The number of benzene rings is 1. The monoisotopic (exact) mass is 247 g/mol. The highest BCUT2D eigenvalue weighted by molar-refractivity contribution is 5.79. The van der Waals surface area contributed by atoms with Crippen LogP contribution in [0.25, 0.3) is 5.57 Å². The number of fused-ring (bicyclic) bond motifs is 1. The van der Waals surface area contributed by atoms with Gasteiger partial charge in [0.05, 0.1) is 6.61 Å². The Morgan fingerprint density at radius 3 is 2.94 bits per heavy atom. The lowest BCUT2D eigenvalue weighted by Gasteiger charge is -2.15. The number of allylic oxidation sites excluding steroid dienone is 1. The van der Waals surface area contributed by atoms with Gasteiger partial charge in [-0.1, -0.05) is 5.57 Å². The molecule has 0 aromatic heterocycles. The predicted octanol–water partition coefficient (Wildman–Crippen LogP) is 1.29. The zero-order valence-electron chi connectivity index (χ0n) is 10.7. The number of nitrogens with one attached hydrogen (secondary N) is 1. The standard InChI is InChI=1S/C14H17NO3/c1-9(2)13-6-15(16)14-4-3-10(5-12(13)14)17-7-11-8-18-11/h3-5,11,15H,6-8H2,1-2H3. The molecular formula is C14H17NO3. The fraction of sp³-hybridized carbons (Fsp3) is 0.429. The molecule has 2 unspecified atom stereocenters. The van der Waals surface area contributed by atoms with E-state index in [4.69, 9.17) is 9.47 Å². The van der Waals surface area contributed by atoms with E-state index in [9.17, 15) is 5.21 Å². The predicted molar refractivity (Wildman–Crippen MR) is 68.8 cm³/mol. The molecular weight excluding hydrogens is 230 g/mol. The highest BCUT2D eigenvalue weighted by Crippen LogP contribution is 2.31. The van der Waals surface area contributed by atoms with E-state index >= 15 is 0 Å². The Hall–Kier alpha value is -1.36. The molecule has 1 aromatic rings. The third-order valence-corrected chi connectivity index (χ3v) is 3.40. The molecule has 2 aliphatic heterocycles. The molecule has 4 nitrogen and oxygen atoms in total. The van der Waals surface area contributed by atoms with Gasteiger partial charge in [-0.25, -0.2) is 0 Å². The molecule has 96 valence electrons. The average molecular weight is 247 g/mol. The van der Waals surface area contributed by atoms with Gasteiger partial charge < -0.3 is 19.7 Å². The Bertz CT molecular complexity index is 502. The Labute approximate surface area is 106 Å². The molecule has 0 amide bonds. The van der Waals surface area contributed by atoms with Crippen molar-refractivity contribution in [1.29, 1.82) is 0 Å². The molecule has 2 heterocycles. The summed E-state index contributed by atoms with van der Waals surface area (Å²) >= 11 is 0. The molecule has 0 saturated carbocycles. The second-order valence-corrected chi connectivity index (χ2v) is 5.05. The van der Waals surface area contributed by atoms with Crippen LogP contribution in [0.15, 0.2) is 23.8 Å². The van der Waals surface area contributed by atoms with Crippen LogP contribution in [-0.4, -0.2) is 25.9 Å². The third kappa shape index (κ3) is 2.14. The van der Waals surface area contributed by atoms with Crippen LogP contribution in [0.5, 0.6) is 5.75 Å². The van der Waals surface area contributed by atoms with E-state index < -0.39 is 0 Å². The summed E-state index contributed by atoms with van der Waals surface area (Å²) in [5.74, 6) is 0.817. The average Bonchev–Trinajstić information content (AvgIpc) is 3.11. The molecule has 4 heteroatoms. The van der Waals surface area contributed by atoms with Crippen molar-refractivity contribution < 1.29 is 14.5 Å². The van der Waals surface area contributed by atoms with Crippen molar-refractivity contribution in [3.8, 4) is 5.75 Å². The summed E-state index contributed by atoms with van der Waals surface area (Å²) < 4.78 is 10.8. The maximum atomic E-state index is 11.9. The van der Waals surface area contributed by atoms with Crippen LogP contribution >= 0.6 is 0 Å². The normalized spacial score (nSPS) is 24.9. The lowest BCUT2D eigenvalue weighted by molar-refractivity contribution is -0.762. The van der Waals surface area contributed by atoms with E-state index in [-0.39, 0.29) is 11.2 Å². The number of hydroxylamine groups is 1. The zero-order chi connectivity index (χ0) is 12.7. The Kier molecular flexibility index (Phi) is 2.86. The van der Waals surface area contributed by atoms with Crippen LogP contribution in [0.2, 0.25) is 0 Å². The first-order chi connectivity index (χ1) is 8.65. The van der Waals surface area contributed by atoms with Crippen molar-refractivity contribution in [2.24, 2.45) is 0 Å². The molecule has 3 rings (SSSR count). The van der Waals surface area contributed by atoms with Gasteiger partial charge in [-0.3, -0.25) is 0 Å². The van der Waals surface area contributed by atoms with Crippen LogP contribution in [-0.2, 0) is 4.74 Å². The van der Waals surface area contributed by atoms with Gasteiger partial charge in [-0.05, 0) is 26.0 Å². The van der Waals surface area contributed by atoms with Crippen molar-refractivity contribution >= 4 is 11.3 Å². The molecule has 1 saturated heterocycles. The smallest absolute Gasteiger partial charge is 0.139 e. The first kappa shape index (κ1) is 11.7. The van der Waals surface area contributed by atoms with Gasteiger partial charge in [0.25, 0.3) is 0 Å².